The van der Waals surface area contributed by atoms with Crippen molar-refractivity contribution in [3.8, 4) is 11.5 Å². The first-order chi connectivity index (χ1) is 14.2. The Balaban J connectivity index is 1.95. The minimum Gasteiger partial charge on any atom is -0.497 e. The molecule has 0 bridgehead atoms. The molecular formula is C21H18ClF3N2O3. The zero-order valence-corrected chi connectivity index (χ0v) is 16.9. The van der Waals surface area contributed by atoms with Crippen LogP contribution in [0.2, 0.25) is 5.15 Å². The number of benzene rings is 2. The van der Waals surface area contributed by atoms with Crippen molar-refractivity contribution in [1.82, 2.24) is 9.88 Å². The monoisotopic (exact) mass is 438 g/mol. The molecule has 2 aromatic carbocycles. The first kappa shape index (κ1) is 21.7. The number of pyridine rings is 1. The topological polar surface area (TPSA) is 51.7 Å². The highest BCUT2D eigenvalue weighted by atomic mass is 35.5. The molecule has 0 aliphatic carbocycles. The van der Waals surface area contributed by atoms with Crippen LogP contribution in [-0.2, 0) is 17.9 Å². The van der Waals surface area contributed by atoms with Gasteiger partial charge in [0.25, 0.3) is 0 Å². The van der Waals surface area contributed by atoms with Gasteiger partial charge in [-0.05, 0) is 42.0 Å². The van der Waals surface area contributed by atoms with Crippen LogP contribution in [0.1, 0.15) is 11.1 Å². The fourth-order valence-corrected chi connectivity index (χ4v) is 3.15. The van der Waals surface area contributed by atoms with E-state index < -0.39 is 12.1 Å². The number of carbonyl (C=O) groups is 1. The van der Waals surface area contributed by atoms with Crippen LogP contribution in [0.3, 0.4) is 0 Å². The van der Waals surface area contributed by atoms with E-state index in [1.54, 1.807) is 48.5 Å². The van der Waals surface area contributed by atoms with Gasteiger partial charge < -0.3 is 14.4 Å². The van der Waals surface area contributed by atoms with Gasteiger partial charge in [-0.3, -0.25) is 4.79 Å². The number of halogens is 4. The number of methoxy groups -OCH3 is 2. The smallest absolute Gasteiger partial charge is 0.471 e. The van der Waals surface area contributed by atoms with E-state index in [1.165, 1.54) is 14.2 Å². The van der Waals surface area contributed by atoms with Crippen molar-refractivity contribution >= 4 is 28.4 Å². The van der Waals surface area contributed by atoms with Crippen LogP contribution in [0.5, 0.6) is 11.5 Å². The molecule has 3 aromatic rings. The van der Waals surface area contributed by atoms with Gasteiger partial charge in [0.05, 0.1) is 19.7 Å². The number of carbonyl (C=O) groups excluding carboxylic acids is 1. The zero-order chi connectivity index (χ0) is 21.9. The lowest BCUT2D eigenvalue weighted by atomic mass is 10.1. The molecule has 0 radical (unpaired) electrons. The molecule has 0 aliphatic rings. The quantitative estimate of drug-likeness (QED) is 0.508. The summed E-state index contributed by atoms with van der Waals surface area (Å²) in [6, 6.07) is 13.1. The summed E-state index contributed by atoms with van der Waals surface area (Å²) < 4.78 is 49.8. The van der Waals surface area contributed by atoms with Crippen LogP contribution in [0.4, 0.5) is 13.2 Å². The van der Waals surface area contributed by atoms with E-state index in [4.69, 9.17) is 21.1 Å². The lowest BCUT2D eigenvalue weighted by molar-refractivity contribution is -0.186. The van der Waals surface area contributed by atoms with Crippen molar-refractivity contribution in [3.05, 3.63) is 64.8 Å². The van der Waals surface area contributed by atoms with Crippen LogP contribution in [0.15, 0.2) is 48.5 Å². The summed E-state index contributed by atoms with van der Waals surface area (Å²) in [6.07, 6.45) is -5.02. The number of amides is 1. The molecule has 0 aliphatic heterocycles. The third-order valence-corrected chi connectivity index (χ3v) is 4.80. The molecule has 9 heteroatoms. The van der Waals surface area contributed by atoms with Gasteiger partial charge in [-0.15, -0.1) is 0 Å². The molecule has 30 heavy (non-hydrogen) atoms. The van der Waals surface area contributed by atoms with Crippen LogP contribution >= 0.6 is 11.6 Å². The van der Waals surface area contributed by atoms with Gasteiger partial charge >= 0.3 is 12.1 Å². The molecule has 0 fully saturated rings. The summed E-state index contributed by atoms with van der Waals surface area (Å²) in [4.78, 5) is 17.0. The fourth-order valence-electron chi connectivity index (χ4n) is 2.95. The molecule has 3 rings (SSSR count). The molecular weight excluding hydrogens is 421 g/mol. The van der Waals surface area contributed by atoms with Crippen molar-refractivity contribution < 1.29 is 27.4 Å². The van der Waals surface area contributed by atoms with Crippen molar-refractivity contribution in [3.63, 3.8) is 0 Å². The Hall–Kier alpha value is -3.00. The first-order valence-corrected chi connectivity index (χ1v) is 9.21. The summed E-state index contributed by atoms with van der Waals surface area (Å²) >= 11 is 6.20. The number of nitrogens with zero attached hydrogens (tertiary/aromatic N) is 2. The third kappa shape index (κ3) is 4.94. The van der Waals surface area contributed by atoms with Crippen LogP contribution < -0.4 is 9.47 Å². The average molecular weight is 439 g/mol. The Morgan fingerprint density at radius 2 is 1.63 bits per heavy atom. The lowest BCUT2D eigenvalue weighted by Gasteiger charge is -2.24. The number of ether oxygens (including phenoxy) is 2. The van der Waals surface area contributed by atoms with Gasteiger partial charge in [0.15, 0.2) is 0 Å². The standard InChI is InChI=1S/C21H18ClF3N2O3/c1-29-16-5-3-13(4-6-16)11-27(20(28)21(23,24)25)12-15-9-14-10-17(30-2)7-8-18(14)26-19(15)22/h3-10H,11-12H2,1-2H3. The number of hydrogen-bond acceptors (Lipinski definition) is 4. The SMILES string of the molecule is COc1ccc(CN(Cc2cc3cc(OC)ccc3nc2Cl)C(=O)C(F)(F)F)cc1. The van der Waals surface area contributed by atoms with E-state index in [0.29, 0.717) is 38.4 Å². The summed E-state index contributed by atoms with van der Waals surface area (Å²) in [5.41, 5.74) is 1.37. The molecule has 158 valence electrons. The predicted octanol–water partition coefficient (Wildman–Crippen LogP) is 5.00. The second-order valence-electron chi connectivity index (χ2n) is 6.50. The predicted molar refractivity (Wildman–Crippen MR) is 107 cm³/mol. The average Bonchev–Trinajstić information content (AvgIpc) is 2.72. The normalized spacial score (nSPS) is 11.4. The highest BCUT2D eigenvalue weighted by Gasteiger charge is 2.42. The fraction of sp³-hybridized carbons (Fsp3) is 0.238. The molecule has 0 unspecified atom stereocenters. The minimum absolute atomic E-state index is 0.0300. The summed E-state index contributed by atoms with van der Waals surface area (Å²) in [7, 11) is 2.99. The maximum Gasteiger partial charge on any atom is 0.471 e. The van der Waals surface area contributed by atoms with Crippen molar-refractivity contribution in [1.29, 1.82) is 0 Å². The van der Waals surface area contributed by atoms with Crippen LogP contribution in [-0.4, -0.2) is 36.2 Å². The third-order valence-electron chi connectivity index (χ3n) is 4.47. The van der Waals surface area contributed by atoms with Gasteiger partial charge in [-0.25, -0.2) is 4.98 Å². The van der Waals surface area contributed by atoms with Crippen molar-refractivity contribution in [2.24, 2.45) is 0 Å². The molecule has 1 heterocycles. The molecule has 5 nitrogen and oxygen atoms in total. The maximum atomic E-state index is 13.2. The molecule has 1 amide bonds. The van der Waals surface area contributed by atoms with Crippen LogP contribution in [0.25, 0.3) is 10.9 Å². The van der Waals surface area contributed by atoms with E-state index in [0.717, 1.165) is 0 Å². The first-order valence-electron chi connectivity index (χ1n) is 8.83. The van der Waals surface area contributed by atoms with E-state index in [2.05, 4.69) is 4.98 Å². The number of hydrogen-bond donors (Lipinski definition) is 0. The summed E-state index contributed by atoms with van der Waals surface area (Å²) in [5, 5.41) is 0.667. The zero-order valence-electron chi connectivity index (χ0n) is 16.2. The highest BCUT2D eigenvalue weighted by molar-refractivity contribution is 6.30. The van der Waals surface area contributed by atoms with E-state index in [9.17, 15) is 18.0 Å². The summed E-state index contributed by atoms with van der Waals surface area (Å²) in [6.45, 7) is -0.613. The second kappa shape index (κ2) is 8.79. The number of fused-ring (bicyclic) bond motifs is 1. The van der Waals surface area contributed by atoms with Gasteiger partial charge in [-0.2, -0.15) is 13.2 Å². The van der Waals surface area contributed by atoms with Crippen LogP contribution in [0, 0.1) is 0 Å². The number of aromatic nitrogens is 1. The Morgan fingerprint density at radius 1 is 1.00 bits per heavy atom. The molecule has 0 spiro atoms. The Morgan fingerprint density at radius 3 is 2.23 bits per heavy atom. The largest absolute Gasteiger partial charge is 0.497 e. The van der Waals surface area contributed by atoms with Gasteiger partial charge in [-0.1, -0.05) is 23.7 Å². The van der Waals surface area contributed by atoms with Crippen molar-refractivity contribution in [2.75, 3.05) is 14.2 Å². The van der Waals surface area contributed by atoms with Crippen molar-refractivity contribution in [2.45, 2.75) is 19.3 Å². The Labute approximate surface area is 176 Å². The minimum atomic E-state index is -5.02. The van der Waals surface area contributed by atoms with E-state index in [1.807, 2.05) is 0 Å². The Kier molecular flexibility index (Phi) is 6.36. The second-order valence-corrected chi connectivity index (χ2v) is 6.86. The van der Waals surface area contributed by atoms with Gasteiger partial charge in [0.1, 0.15) is 16.7 Å². The van der Waals surface area contributed by atoms with E-state index >= 15 is 0 Å². The molecule has 0 saturated carbocycles. The summed E-state index contributed by atoms with van der Waals surface area (Å²) in [5.74, 6) is -0.831. The maximum absolute atomic E-state index is 13.2. The molecule has 1 aromatic heterocycles. The Bertz CT molecular complexity index is 1060. The number of rotatable bonds is 6. The van der Waals surface area contributed by atoms with Gasteiger partial charge in [0, 0.05) is 24.0 Å². The molecule has 0 saturated heterocycles. The van der Waals surface area contributed by atoms with E-state index in [-0.39, 0.29) is 18.2 Å². The molecule has 0 N–H and O–H groups in total. The molecule has 0 atom stereocenters. The highest BCUT2D eigenvalue weighted by Crippen LogP contribution is 2.28. The van der Waals surface area contributed by atoms with Gasteiger partial charge in [0.2, 0.25) is 0 Å². The lowest BCUT2D eigenvalue weighted by Crippen LogP contribution is -2.40. The number of alkyl halides is 3.